The van der Waals surface area contributed by atoms with E-state index in [9.17, 15) is 8.42 Å². The van der Waals surface area contributed by atoms with E-state index in [1.807, 2.05) is 6.07 Å². The molecule has 1 atom stereocenters. The van der Waals surface area contributed by atoms with Gasteiger partial charge in [0.05, 0.1) is 0 Å². The lowest BCUT2D eigenvalue weighted by atomic mass is 10.2. The van der Waals surface area contributed by atoms with Gasteiger partial charge in [0.2, 0.25) is 0 Å². The van der Waals surface area contributed by atoms with Gasteiger partial charge in [-0.05, 0) is 37.4 Å². The molecule has 1 fully saturated rings. The fourth-order valence-electron chi connectivity index (χ4n) is 2.22. The molecule has 19 heavy (non-hydrogen) atoms. The molecule has 0 saturated carbocycles. The van der Waals surface area contributed by atoms with Crippen LogP contribution in [0.5, 0.6) is 0 Å². The van der Waals surface area contributed by atoms with E-state index in [1.165, 1.54) is 11.3 Å². The zero-order chi connectivity index (χ0) is 13.9. The number of thiophene rings is 1. The topological polar surface area (TPSA) is 49.4 Å². The minimum absolute atomic E-state index is 0.473. The first kappa shape index (κ1) is 15.0. The first-order valence-electron chi connectivity index (χ1n) is 6.83. The molecule has 0 aliphatic carbocycles. The van der Waals surface area contributed by atoms with Gasteiger partial charge in [0, 0.05) is 24.5 Å². The summed E-state index contributed by atoms with van der Waals surface area (Å²) >= 11 is 1.39. The van der Waals surface area contributed by atoms with E-state index in [1.54, 1.807) is 10.4 Å². The monoisotopic (exact) mass is 302 g/mol. The van der Waals surface area contributed by atoms with Crippen molar-refractivity contribution in [3.63, 3.8) is 0 Å². The van der Waals surface area contributed by atoms with E-state index in [0.29, 0.717) is 23.2 Å². The zero-order valence-electron chi connectivity index (χ0n) is 11.6. The van der Waals surface area contributed by atoms with Crippen molar-refractivity contribution in [1.82, 2.24) is 9.62 Å². The molecule has 1 aromatic heterocycles. The SMILES string of the molecule is CCCNCc1ccc(S(=O)(=O)N2CCC(C)C2)s1. The normalized spacial score (nSPS) is 21.1. The Morgan fingerprint density at radius 2 is 2.26 bits per heavy atom. The van der Waals surface area contributed by atoms with Gasteiger partial charge in [-0.1, -0.05) is 13.8 Å². The summed E-state index contributed by atoms with van der Waals surface area (Å²) in [5, 5.41) is 3.29. The van der Waals surface area contributed by atoms with Crippen LogP contribution < -0.4 is 5.32 Å². The Hall–Kier alpha value is -0.430. The van der Waals surface area contributed by atoms with E-state index in [2.05, 4.69) is 19.2 Å². The highest BCUT2D eigenvalue weighted by molar-refractivity contribution is 7.91. The van der Waals surface area contributed by atoms with Crippen LogP contribution in [0.25, 0.3) is 0 Å². The Labute approximate surface area is 119 Å². The van der Waals surface area contributed by atoms with Gasteiger partial charge >= 0.3 is 0 Å². The van der Waals surface area contributed by atoms with Crippen molar-refractivity contribution in [2.75, 3.05) is 19.6 Å². The highest BCUT2D eigenvalue weighted by atomic mass is 32.2. The Bertz CT molecular complexity index is 510. The average Bonchev–Trinajstić information content (AvgIpc) is 2.99. The summed E-state index contributed by atoms with van der Waals surface area (Å²) in [5.41, 5.74) is 0. The second-order valence-corrected chi connectivity index (χ2v) is 8.49. The Morgan fingerprint density at radius 3 is 2.89 bits per heavy atom. The molecule has 0 bridgehead atoms. The smallest absolute Gasteiger partial charge is 0.252 e. The number of nitrogens with one attached hydrogen (secondary N) is 1. The molecule has 1 aliphatic heterocycles. The molecule has 6 heteroatoms. The average molecular weight is 302 g/mol. The minimum Gasteiger partial charge on any atom is -0.312 e. The number of nitrogens with zero attached hydrogens (tertiary/aromatic N) is 1. The van der Waals surface area contributed by atoms with Crippen molar-refractivity contribution in [3.05, 3.63) is 17.0 Å². The van der Waals surface area contributed by atoms with Crippen LogP contribution in [0.2, 0.25) is 0 Å². The first-order valence-corrected chi connectivity index (χ1v) is 9.09. The van der Waals surface area contributed by atoms with Crippen LogP contribution >= 0.6 is 11.3 Å². The maximum absolute atomic E-state index is 12.4. The highest BCUT2D eigenvalue weighted by Gasteiger charge is 2.31. The molecule has 2 heterocycles. The molecule has 0 spiro atoms. The summed E-state index contributed by atoms with van der Waals surface area (Å²) in [6.07, 6.45) is 2.05. The number of hydrogen-bond donors (Lipinski definition) is 1. The molecular formula is C13H22N2O2S2. The van der Waals surface area contributed by atoms with Crippen molar-refractivity contribution < 1.29 is 8.42 Å². The summed E-state index contributed by atoms with van der Waals surface area (Å²) in [6.45, 7) is 7.25. The largest absolute Gasteiger partial charge is 0.312 e. The molecule has 0 radical (unpaired) electrons. The fourth-order valence-corrected chi connectivity index (χ4v) is 5.27. The predicted octanol–water partition coefficient (Wildman–Crippen LogP) is 2.28. The second-order valence-electron chi connectivity index (χ2n) is 5.15. The third-order valence-electron chi connectivity index (χ3n) is 3.34. The minimum atomic E-state index is -3.26. The standard InChI is InChI=1S/C13H22N2O2S2/c1-3-7-14-9-12-4-5-13(18-12)19(16,17)15-8-6-11(2)10-15/h4-5,11,14H,3,6-10H2,1-2H3. The quantitative estimate of drug-likeness (QED) is 0.820. The highest BCUT2D eigenvalue weighted by Crippen LogP contribution is 2.28. The maximum atomic E-state index is 12.4. The fraction of sp³-hybridized carbons (Fsp3) is 0.692. The van der Waals surface area contributed by atoms with Gasteiger partial charge < -0.3 is 5.32 Å². The summed E-state index contributed by atoms with van der Waals surface area (Å²) in [4.78, 5) is 1.08. The molecule has 108 valence electrons. The molecule has 2 rings (SSSR count). The van der Waals surface area contributed by atoms with Crippen LogP contribution in [0.15, 0.2) is 16.3 Å². The van der Waals surface area contributed by atoms with E-state index in [4.69, 9.17) is 0 Å². The van der Waals surface area contributed by atoms with Gasteiger partial charge in [0.25, 0.3) is 10.0 Å². The molecule has 4 nitrogen and oxygen atoms in total. The Kier molecular flexibility index (Phi) is 5.00. The van der Waals surface area contributed by atoms with Gasteiger partial charge in [-0.2, -0.15) is 4.31 Å². The van der Waals surface area contributed by atoms with Gasteiger partial charge in [0.15, 0.2) is 0 Å². The van der Waals surface area contributed by atoms with E-state index >= 15 is 0 Å². The zero-order valence-corrected chi connectivity index (χ0v) is 13.2. The van der Waals surface area contributed by atoms with Gasteiger partial charge in [-0.3, -0.25) is 0 Å². The lowest BCUT2D eigenvalue weighted by Gasteiger charge is -2.14. The number of hydrogen-bond acceptors (Lipinski definition) is 4. The van der Waals surface area contributed by atoms with E-state index < -0.39 is 10.0 Å². The van der Waals surface area contributed by atoms with Crippen LogP contribution in [0, 0.1) is 5.92 Å². The predicted molar refractivity (Wildman–Crippen MR) is 78.9 cm³/mol. The van der Waals surface area contributed by atoms with Crippen molar-refractivity contribution in [1.29, 1.82) is 0 Å². The van der Waals surface area contributed by atoms with Gasteiger partial charge in [-0.15, -0.1) is 11.3 Å². The number of sulfonamides is 1. The second kappa shape index (κ2) is 6.35. The summed E-state index contributed by atoms with van der Waals surface area (Å²) in [6, 6.07) is 3.66. The van der Waals surface area contributed by atoms with Crippen molar-refractivity contribution in [3.8, 4) is 0 Å². The Morgan fingerprint density at radius 1 is 1.47 bits per heavy atom. The van der Waals surface area contributed by atoms with Crippen molar-refractivity contribution in [2.24, 2.45) is 5.92 Å². The summed E-state index contributed by atoms with van der Waals surface area (Å²) in [5.74, 6) is 0.473. The molecule has 1 saturated heterocycles. The van der Waals surface area contributed by atoms with Crippen LogP contribution in [-0.2, 0) is 16.6 Å². The van der Waals surface area contributed by atoms with Crippen LogP contribution in [0.4, 0.5) is 0 Å². The molecule has 1 unspecified atom stereocenters. The third kappa shape index (κ3) is 3.56. The molecule has 1 N–H and O–H groups in total. The molecular weight excluding hydrogens is 280 g/mol. The lowest BCUT2D eigenvalue weighted by molar-refractivity contribution is 0.466. The van der Waals surface area contributed by atoms with E-state index in [0.717, 1.165) is 30.8 Å². The summed E-state index contributed by atoms with van der Waals surface area (Å²) < 4.78 is 27.0. The van der Waals surface area contributed by atoms with Crippen LogP contribution in [0.3, 0.4) is 0 Å². The molecule has 0 aromatic carbocycles. The van der Waals surface area contributed by atoms with E-state index in [-0.39, 0.29) is 0 Å². The van der Waals surface area contributed by atoms with Gasteiger partial charge in [0.1, 0.15) is 4.21 Å². The van der Waals surface area contributed by atoms with Crippen LogP contribution in [0.1, 0.15) is 31.6 Å². The lowest BCUT2D eigenvalue weighted by Crippen LogP contribution is -2.27. The maximum Gasteiger partial charge on any atom is 0.252 e. The molecule has 0 amide bonds. The Balaban J connectivity index is 2.04. The molecule has 1 aliphatic rings. The third-order valence-corrected chi connectivity index (χ3v) is 6.76. The van der Waals surface area contributed by atoms with Crippen LogP contribution in [-0.4, -0.2) is 32.4 Å². The van der Waals surface area contributed by atoms with Crippen molar-refractivity contribution >= 4 is 21.4 Å². The van der Waals surface area contributed by atoms with Crippen molar-refractivity contribution in [2.45, 2.75) is 37.4 Å². The number of rotatable bonds is 6. The van der Waals surface area contributed by atoms with Gasteiger partial charge in [-0.25, -0.2) is 8.42 Å². The first-order chi connectivity index (χ1) is 9.04. The molecule has 1 aromatic rings. The summed E-state index contributed by atoms with van der Waals surface area (Å²) in [7, 11) is -3.26.